The average molecular weight is 591 g/mol. The molecular weight excluding hydrogens is 548 g/mol. The number of aliphatic hydroxyl groups is 1. The highest BCUT2D eigenvalue weighted by Crippen LogP contribution is 2.36. The number of benzene rings is 2. The highest BCUT2D eigenvalue weighted by molar-refractivity contribution is 5.99. The van der Waals surface area contributed by atoms with Gasteiger partial charge >= 0.3 is 0 Å². The Morgan fingerprint density at radius 1 is 1.07 bits per heavy atom. The summed E-state index contributed by atoms with van der Waals surface area (Å²) in [5, 5.41) is 14.7. The fourth-order valence-electron chi connectivity index (χ4n) is 6.42. The van der Waals surface area contributed by atoms with Crippen LogP contribution >= 0.6 is 0 Å². The molecule has 6 rings (SSSR count). The van der Waals surface area contributed by atoms with Gasteiger partial charge in [-0.3, -0.25) is 9.69 Å². The molecule has 230 valence electrons. The maximum Gasteiger partial charge on any atom is 0.267 e. The maximum atomic E-state index is 13.2. The first-order valence-corrected chi connectivity index (χ1v) is 15.2. The third kappa shape index (κ3) is 6.46. The number of methoxy groups -OCH3 is 2. The third-order valence-corrected chi connectivity index (χ3v) is 8.96. The minimum atomic E-state index is -0.142. The van der Waals surface area contributed by atoms with Crippen LogP contribution in [0.15, 0.2) is 47.1 Å². The van der Waals surface area contributed by atoms with Crippen LogP contribution in [0.2, 0.25) is 0 Å². The van der Waals surface area contributed by atoms with E-state index in [0.717, 1.165) is 80.3 Å². The van der Waals surface area contributed by atoms with Crippen LogP contribution in [0.3, 0.4) is 0 Å². The summed E-state index contributed by atoms with van der Waals surface area (Å²) in [6, 6.07) is 11.9. The number of ether oxygens (including phenoxy) is 3. The Morgan fingerprint density at radius 2 is 1.86 bits per heavy atom. The Balaban J connectivity index is 1.05. The fourth-order valence-corrected chi connectivity index (χ4v) is 6.42. The molecule has 2 aromatic carbocycles. The quantitative estimate of drug-likeness (QED) is 0.247. The highest BCUT2D eigenvalue weighted by Gasteiger charge is 2.26. The van der Waals surface area contributed by atoms with Crippen molar-refractivity contribution >= 4 is 27.8 Å². The number of H-pyrrole nitrogens is 1. The van der Waals surface area contributed by atoms with Crippen LogP contribution in [0.5, 0.6) is 17.2 Å². The van der Waals surface area contributed by atoms with Crippen LogP contribution in [0.25, 0.3) is 21.9 Å². The minimum absolute atomic E-state index is 0.0969. The van der Waals surface area contributed by atoms with Gasteiger partial charge in [0.25, 0.3) is 5.91 Å². The van der Waals surface area contributed by atoms with Crippen molar-refractivity contribution in [2.45, 2.75) is 57.4 Å². The van der Waals surface area contributed by atoms with Crippen molar-refractivity contribution in [2.75, 3.05) is 46.9 Å². The summed E-state index contributed by atoms with van der Waals surface area (Å²) < 4.78 is 22.9. The summed E-state index contributed by atoms with van der Waals surface area (Å²) in [5.41, 5.74) is 2.89. The summed E-state index contributed by atoms with van der Waals surface area (Å²) in [6.45, 7) is 7.46. The van der Waals surface area contributed by atoms with Crippen LogP contribution in [0, 0.1) is 0 Å². The normalized spacial score (nSPS) is 18.2. The van der Waals surface area contributed by atoms with Gasteiger partial charge in [-0.2, -0.15) is 0 Å². The van der Waals surface area contributed by atoms with Gasteiger partial charge in [-0.1, -0.05) is 6.07 Å². The Kier molecular flexibility index (Phi) is 8.78. The van der Waals surface area contributed by atoms with Gasteiger partial charge < -0.3 is 38.9 Å². The third-order valence-electron chi connectivity index (χ3n) is 8.96. The summed E-state index contributed by atoms with van der Waals surface area (Å²) in [7, 11) is 3.22. The van der Waals surface area contributed by atoms with E-state index in [-0.39, 0.29) is 24.7 Å². The molecule has 0 spiro atoms. The Morgan fingerprint density at radius 3 is 2.60 bits per heavy atom. The Hall–Kier alpha value is -3.73. The van der Waals surface area contributed by atoms with Crippen LogP contribution in [-0.4, -0.2) is 90.9 Å². The first kappa shape index (κ1) is 29.3. The Labute approximate surface area is 251 Å². The number of carbonyl (C=O) groups is 1. The number of furan rings is 1. The molecule has 3 N–H and O–H groups in total. The van der Waals surface area contributed by atoms with E-state index in [2.05, 4.69) is 27.0 Å². The molecule has 4 aromatic rings. The van der Waals surface area contributed by atoms with Gasteiger partial charge in [-0.25, -0.2) is 0 Å². The zero-order chi connectivity index (χ0) is 29.9. The highest BCUT2D eigenvalue weighted by atomic mass is 16.5. The van der Waals surface area contributed by atoms with Crippen molar-refractivity contribution in [3.05, 3.63) is 53.9 Å². The number of hydrogen-bond donors (Lipinski definition) is 3. The fraction of sp³-hybridized carbons (Fsp3) is 0.485. The SMILES string of the molecule is COc1cc(OC)c2c(COc3cccc4[nH]c(C(=O)NC5CCN(C[C@H](C)N6CCC(O)CC6)CC5)cc34)coc2c1. The first-order valence-electron chi connectivity index (χ1n) is 15.2. The van der Waals surface area contributed by atoms with Gasteiger partial charge in [0.2, 0.25) is 0 Å². The standard InChI is InChI=1S/C33H42N4O6/c1-21(37-13-9-24(38)10-14-37)18-36-11-7-23(8-12-36)34-33(39)28-17-26-27(35-28)5-4-6-29(26)42-19-22-20-43-31-16-25(40-2)15-30(41-3)32(22)31/h4-6,15-17,20-21,23-24,35,38H,7-14,18-19H2,1-3H3,(H,34,39)/t21-/m0/s1. The zero-order valence-electron chi connectivity index (χ0n) is 25.2. The van der Waals surface area contributed by atoms with E-state index in [4.69, 9.17) is 18.6 Å². The van der Waals surface area contributed by atoms with Gasteiger partial charge in [-0.15, -0.1) is 0 Å². The van der Waals surface area contributed by atoms with Gasteiger partial charge in [0, 0.05) is 73.4 Å². The molecule has 2 aliphatic heterocycles. The lowest BCUT2D eigenvalue weighted by Crippen LogP contribution is -2.50. The van der Waals surface area contributed by atoms with Gasteiger partial charge in [-0.05, 0) is 50.8 Å². The van der Waals surface area contributed by atoms with E-state index in [9.17, 15) is 9.90 Å². The lowest BCUT2D eigenvalue weighted by atomic mass is 10.0. The number of likely N-dealkylation sites (tertiary alicyclic amines) is 2. The van der Waals surface area contributed by atoms with E-state index in [1.54, 1.807) is 20.5 Å². The number of aliphatic hydroxyl groups excluding tert-OH is 1. The van der Waals surface area contributed by atoms with Crippen LogP contribution in [0.4, 0.5) is 0 Å². The molecule has 0 saturated carbocycles. The summed E-state index contributed by atoms with van der Waals surface area (Å²) in [5.74, 6) is 1.90. The largest absolute Gasteiger partial charge is 0.496 e. The molecule has 10 nitrogen and oxygen atoms in total. The minimum Gasteiger partial charge on any atom is -0.496 e. The zero-order valence-corrected chi connectivity index (χ0v) is 25.2. The van der Waals surface area contributed by atoms with Gasteiger partial charge in [0.15, 0.2) is 0 Å². The van der Waals surface area contributed by atoms with Crippen molar-refractivity contribution < 1.29 is 28.5 Å². The predicted octanol–water partition coefficient (Wildman–Crippen LogP) is 4.55. The van der Waals surface area contributed by atoms with Crippen LogP contribution in [0.1, 0.15) is 48.7 Å². The maximum absolute atomic E-state index is 13.2. The summed E-state index contributed by atoms with van der Waals surface area (Å²) in [4.78, 5) is 21.5. The second kappa shape index (κ2) is 12.9. The lowest BCUT2D eigenvalue weighted by molar-refractivity contribution is 0.0497. The van der Waals surface area contributed by atoms with Crippen molar-refractivity contribution in [2.24, 2.45) is 0 Å². The van der Waals surface area contributed by atoms with Crippen molar-refractivity contribution in [1.82, 2.24) is 20.1 Å². The summed E-state index contributed by atoms with van der Waals surface area (Å²) >= 11 is 0. The first-order chi connectivity index (χ1) is 20.9. The Bertz CT molecular complexity index is 1550. The molecule has 2 saturated heterocycles. The van der Waals surface area contributed by atoms with E-state index < -0.39 is 0 Å². The number of aromatic amines is 1. The number of nitrogens with one attached hydrogen (secondary N) is 2. The molecule has 2 fully saturated rings. The van der Waals surface area contributed by atoms with E-state index in [0.29, 0.717) is 34.6 Å². The lowest BCUT2D eigenvalue weighted by Gasteiger charge is -2.39. The number of hydrogen-bond acceptors (Lipinski definition) is 8. The molecule has 0 radical (unpaired) electrons. The molecule has 1 amide bonds. The number of rotatable bonds is 10. The smallest absolute Gasteiger partial charge is 0.267 e. The van der Waals surface area contributed by atoms with E-state index >= 15 is 0 Å². The average Bonchev–Trinajstić information content (AvgIpc) is 3.65. The molecule has 4 heterocycles. The molecule has 43 heavy (non-hydrogen) atoms. The number of nitrogens with zero attached hydrogens (tertiary/aromatic N) is 2. The number of amides is 1. The van der Waals surface area contributed by atoms with Crippen molar-refractivity contribution in [3.8, 4) is 17.2 Å². The molecule has 2 aromatic heterocycles. The molecule has 2 aliphatic rings. The monoisotopic (exact) mass is 590 g/mol. The number of aromatic nitrogens is 1. The topological polar surface area (TPSA) is 112 Å². The molecule has 10 heteroatoms. The number of piperidine rings is 2. The van der Waals surface area contributed by atoms with Gasteiger partial charge in [0.1, 0.15) is 35.1 Å². The molecule has 0 aliphatic carbocycles. The molecular formula is C33H42N4O6. The number of fused-ring (bicyclic) bond motifs is 2. The number of carbonyl (C=O) groups excluding carboxylic acids is 1. The second-order valence-corrected chi connectivity index (χ2v) is 11.8. The van der Waals surface area contributed by atoms with Crippen molar-refractivity contribution in [3.63, 3.8) is 0 Å². The van der Waals surface area contributed by atoms with Gasteiger partial charge in [0.05, 0.1) is 32.0 Å². The predicted molar refractivity (Wildman–Crippen MR) is 165 cm³/mol. The summed E-state index contributed by atoms with van der Waals surface area (Å²) in [6.07, 6.45) is 5.13. The van der Waals surface area contributed by atoms with E-state index in [1.165, 1.54) is 0 Å². The molecule has 1 atom stereocenters. The van der Waals surface area contributed by atoms with Crippen LogP contribution < -0.4 is 19.5 Å². The molecule has 0 bridgehead atoms. The van der Waals surface area contributed by atoms with E-state index in [1.807, 2.05) is 36.4 Å². The van der Waals surface area contributed by atoms with Crippen molar-refractivity contribution in [1.29, 1.82) is 0 Å². The van der Waals surface area contributed by atoms with Crippen LogP contribution in [-0.2, 0) is 6.61 Å². The molecule has 0 unspecified atom stereocenters. The second-order valence-electron chi connectivity index (χ2n) is 11.8.